The summed E-state index contributed by atoms with van der Waals surface area (Å²) in [6.45, 7) is 0.400. The second kappa shape index (κ2) is 4.63. The van der Waals surface area contributed by atoms with Crippen LogP contribution in [0.15, 0.2) is 30.3 Å². The van der Waals surface area contributed by atoms with Crippen LogP contribution < -0.4 is 0 Å². The molecule has 1 aromatic carbocycles. The molecule has 1 aromatic rings. The highest BCUT2D eigenvalue weighted by Gasteiger charge is 2.53. The number of nitrogens with zero attached hydrogens (tertiary/aromatic N) is 2. The summed E-state index contributed by atoms with van der Waals surface area (Å²) in [7, 11) is 1.30. The highest BCUT2D eigenvalue weighted by atomic mass is 16.5. The summed E-state index contributed by atoms with van der Waals surface area (Å²) < 4.78 is 4.68. The van der Waals surface area contributed by atoms with Crippen LogP contribution in [0, 0.1) is 0 Å². The fourth-order valence-corrected chi connectivity index (χ4v) is 2.84. The van der Waals surface area contributed by atoms with E-state index in [9.17, 15) is 14.4 Å². The largest absolute Gasteiger partial charge is 0.467 e. The van der Waals surface area contributed by atoms with Gasteiger partial charge in [0, 0.05) is 18.5 Å². The minimum atomic E-state index is -0.558. The molecule has 0 N–H and O–H groups in total. The summed E-state index contributed by atoms with van der Waals surface area (Å²) in [4.78, 5) is 38.8. The zero-order valence-electron chi connectivity index (χ0n) is 11.0. The molecule has 0 spiro atoms. The Kier molecular flexibility index (Phi) is 2.93. The number of esters is 1. The van der Waals surface area contributed by atoms with Crippen LogP contribution in [-0.4, -0.2) is 53.4 Å². The second-order valence-electron chi connectivity index (χ2n) is 4.90. The first-order chi connectivity index (χ1) is 9.63. The van der Waals surface area contributed by atoms with Gasteiger partial charge in [0.2, 0.25) is 0 Å². The summed E-state index contributed by atoms with van der Waals surface area (Å²) in [5.41, 5.74) is 0.476. The van der Waals surface area contributed by atoms with Crippen molar-refractivity contribution in [2.45, 2.75) is 18.5 Å². The molecule has 3 amide bonds. The standard InChI is InChI=1S/C14H14N2O4/c1-20-13(18)11-7-10-8-15(11)14(19)16(10)12(17)9-5-3-2-4-6-9/h2-6,10-11H,7-8H2,1H3. The normalized spacial score (nSPS) is 24.1. The second-order valence-corrected chi connectivity index (χ2v) is 4.90. The van der Waals surface area contributed by atoms with Crippen molar-refractivity contribution in [2.24, 2.45) is 0 Å². The van der Waals surface area contributed by atoms with Crippen LogP contribution in [0.1, 0.15) is 16.8 Å². The zero-order chi connectivity index (χ0) is 14.3. The van der Waals surface area contributed by atoms with E-state index < -0.39 is 18.0 Å². The molecule has 0 saturated carbocycles. The third-order valence-electron chi connectivity index (χ3n) is 3.81. The first-order valence-electron chi connectivity index (χ1n) is 6.40. The monoisotopic (exact) mass is 274 g/mol. The first-order valence-corrected chi connectivity index (χ1v) is 6.40. The van der Waals surface area contributed by atoms with Crippen molar-refractivity contribution in [3.63, 3.8) is 0 Å². The Morgan fingerprint density at radius 2 is 1.95 bits per heavy atom. The van der Waals surface area contributed by atoms with Gasteiger partial charge < -0.3 is 9.64 Å². The average Bonchev–Trinajstić information content (AvgIpc) is 3.04. The van der Waals surface area contributed by atoms with Crippen molar-refractivity contribution < 1.29 is 19.1 Å². The van der Waals surface area contributed by atoms with Gasteiger partial charge in [-0.3, -0.25) is 9.69 Å². The Morgan fingerprint density at radius 3 is 2.55 bits per heavy atom. The minimum Gasteiger partial charge on any atom is -0.467 e. The van der Waals surface area contributed by atoms with Gasteiger partial charge in [-0.25, -0.2) is 9.59 Å². The number of fused-ring (bicyclic) bond motifs is 2. The number of imide groups is 1. The number of methoxy groups -OCH3 is 1. The zero-order valence-corrected chi connectivity index (χ0v) is 11.0. The topological polar surface area (TPSA) is 66.9 Å². The molecular weight excluding hydrogens is 260 g/mol. The number of urea groups is 1. The predicted molar refractivity (Wildman–Crippen MR) is 68.9 cm³/mol. The minimum absolute atomic E-state index is 0.251. The third-order valence-corrected chi connectivity index (χ3v) is 3.81. The number of hydrogen-bond donors (Lipinski definition) is 0. The molecule has 2 aliphatic rings. The van der Waals surface area contributed by atoms with E-state index >= 15 is 0 Å². The molecule has 2 heterocycles. The molecule has 2 aliphatic heterocycles. The Morgan fingerprint density at radius 1 is 1.25 bits per heavy atom. The van der Waals surface area contributed by atoms with E-state index in [4.69, 9.17) is 0 Å². The molecule has 2 bridgehead atoms. The van der Waals surface area contributed by atoms with Crippen molar-refractivity contribution in [3.8, 4) is 0 Å². The van der Waals surface area contributed by atoms with Gasteiger partial charge in [-0.05, 0) is 12.1 Å². The highest BCUT2D eigenvalue weighted by molar-refractivity contribution is 6.07. The number of carbonyl (C=O) groups excluding carboxylic acids is 3. The lowest BCUT2D eigenvalue weighted by atomic mass is 10.1. The molecule has 2 atom stereocenters. The third kappa shape index (κ3) is 1.76. The van der Waals surface area contributed by atoms with Crippen LogP contribution >= 0.6 is 0 Å². The van der Waals surface area contributed by atoms with Crippen molar-refractivity contribution in [2.75, 3.05) is 13.7 Å². The smallest absolute Gasteiger partial charge is 0.328 e. The van der Waals surface area contributed by atoms with E-state index in [2.05, 4.69) is 4.74 Å². The van der Waals surface area contributed by atoms with Crippen LogP contribution in [0.5, 0.6) is 0 Å². The molecular formula is C14H14N2O4. The van der Waals surface area contributed by atoms with Gasteiger partial charge in [-0.15, -0.1) is 0 Å². The SMILES string of the molecule is COC(=O)C1CC2CN1C(=O)N2C(=O)c1ccccc1. The molecule has 20 heavy (non-hydrogen) atoms. The lowest BCUT2D eigenvalue weighted by molar-refractivity contribution is -0.145. The Labute approximate surface area is 115 Å². The number of hydrogen-bond acceptors (Lipinski definition) is 4. The molecule has 3 rings (SSSR count). The van der Waals surface area contributed by atoms with E-state index in [1.165, 1.54) is 16.9 Å². The summed E-state index contributed by atoms with van der Waals surface area (Å²) >= 11 is 0. The Balaban J connectivity index is 1.81. The fraction of sp³-hybridized carbons (Fsp3) is 0.357. The number of benzene rings is 1. The summed E-state index contributed by atoms with van der Waals surface area (Å²) in [6.07, 6.45) is 0.441. The van der Waals surface area contributed by atoms with Gasteiger partial charge in [0.15, 0.2) is 0 Å². The van der Waals surface area contributed by atoms with Gasteiger partial charge in [0.05, 0.1) is 13.2 Å². The highest BCUT2D eigenvalue weighted by Crippen LogP contribution is 2.33. The van der Waals surface area contributed by atoms with E-state index in [0.29, 0.717) is 18.5 Å². The number of ether oxygens (including phenoxy) is 1. The maximum absolute atomic E-state index is 12.4. The van der Waals surface area contributed by atoms with Crippen molar-refractivity contribution in [1.29, 1.82) is 0 Å². The number of rotatable bonds is 2. The quantitative estimate of drug-likeness (QED) is 0.751. The average molecular weight is 274 g/mol. The Hall–Kier alpha value is -2.37. The number of amides is 3. The lowest BCUT2D eigenvalue weighted by Crippen LogP contribution is -2.50. The van der Waals surface area contributed by atoms with Crippen LogP contribution in [-0.2, 0) is 9.53 Å². The fourth-order valence-electron chi connectivity index (χ4n) is 2.84. The van der Waals surface area contributed by atoms with E-state index in [-0.39, 0.29) is 11.9 Å². The molecule has 0 radical (unpaired) electrons. The van der Waals surface area contributed by atoms with Gasteiger partial charge in [0.1, 0.15) is 6.04 Å². The molecule has 2 saturated heterocycles. The molecule has 0 aliphatic carbocycles. The Bertz CT molecular complexity index is 572. The van der Waals surface area contributed by atoms with Crippen molar-refractivity contribution in [1.82, 2.24) is 9.80 Å². The van der Waals surface area contributed by atoms with Gasteiger partial charge in [-0.2, -0.15) is 0 Å². The van der Waals surface area contributed by atoms with Crippen LogP contribution in [0.25, 0.3) is 0 Å². The first kappa shape index (κ1) is 12.7. The molecule has 2 unspecified atom stereocenters. The lowest BCUT2D eigenvalue weighted by Gasteiger charge is -2.29. The molecule has 6 nitrogen and oxygen atoms in total. The number of carbonyl (C=O) groups is 3. The van der Waals surface area contributed by atoms with Crippen LogP contribution in [0.2, 0.25) is 0 Å². The van der Waals surface area contributed by atoms with Gasteiger partial charge in [-0.1, -0.05) is 18.2 Å². The molecule has 2 fully saturated rings. The van der Waals surface area contributed by atoms with E-state index in [1.807, 2.05) is 6.07 Å². The summed E-state index contributed by atoms with van der Waals surface area (Å²) in [5.74, 6) is -0.737. The maximum atomic E-state index is 12.4. The summed E-state index contributed by atoms with van der Waals surface area (Å²) in [5, 5.41) is 0. The van der Waals surface area contributed by atoms with Crippen molar-refractivity contribution >= 4 is 17.9 Å². The van der Waals surface area contributed by atoms with E-state index in [1.54, 1.807) is 24.3 Å². The van der Waals surface area contributed by atoms with Gasteiger partial charge >= 0.3 is 12.0 Å². The predicted octanol–water partition coefficient (Wildman–Crippen LogP) is 0.878. The molecule has 0 aromatic heterocycles. The van der Waals surface area contributed by atoms with Crippen molar-refractivity contribution in [3.05, 3.63) is 35.9 Å². The maximum Gasteiger partial charge on any atom is 0.328 e. The van der Waals surface area contributed by atoms with Gasteiger partial charge in [0.25, 0.3) is 5.91 Å². The molecule has 104 valence electrons. The van der Waals surface area contributed by atoms with E-state index in [0.717, 1.165) is 0 Å². The molecule has 6 heteroatoms. The van der Waals surface area contributed by atoms with Crippen LogP contribution in [0.4, 0.5) is 4.79 Å². The summed E-state index contributed by atoms with van der Waals surface area (Å²) in [6, 6.07) is 7.45. The van der Waals surface area contributed by atoms with Crippen LogP contribution in [0.3, 0.4) is 0 Å².